The minimum Gasteiger partial charge on any atom is -0.332 e. The smallest absolute Gasteiger partial charge is 0.265 e. The molecule has 0 bridgehead atoms. The zero-order valence-corrected chi connectivity index (χ0v) is 11.4. The van der Waals surface area contributed by atoms with Gasteiger partial charge in [-0.05, 0) is 27.4 Å². The highest BCUT2D eigenvalue weighted by Crippen LogP contribution is 2.25. The number of imidazole rings is 1. The molecule has 0 spiro atoms. The van der Waals surface area contributed by atoms with Crippen molar-refractivity contribution in [3.8, 4) is 0 Å². The summed E-state index contributed by atoms with van der Waals surface area (Å²) < 4.78 is 2.97. The van der Waals surface area contributed by atoms with E-state index in [2.05, 4.69) is 25.5 Å². The molecule has 6 heteroatoms. The summed E-state index contributed by atoms with van der Waals surface area (Å²) in [5, 5.41) is 1.92. The standard InChI is InChI=1S/C11H10BrN3OS/c12-8-1-6-17-10(8)11(16)15-5-4-14-3-2-13-9(14)7-15/h1-3,6H,4-5,7H2. The number of carbonyl (C=O) groups is 1. The lowest BCUT2D eigenvalue weighted by molar-refractivity contribution is 0.0711. The van der Waals surface area contributed by atoms with Crippen LogP contribution in [0.1, 0.15) is 15.5 Å². The van der Waals surface area contributed by atoms with Gasteiger partial charge in [0.2, 0.25) is 0 Å². The van der Waals surface area contributed by atoms with Crippen LogP contribution in [0.3, 0.4) is 0 Å². The van der Waals surface area contributed by atoms with E-state index in [1.165, 1.54) is 11.3 Å². The molecule has 2 aromatic heterocycles. The number of rotatable bonds is 1. The summed E-state index contributed by atoms with van der Waals surface area (Å²) in [6.07, 6.45) is 3.74. The monoisotopic (exact) mass is 311 g/mol. The maximum absolute atomic E-state index is 12.3. The summed E-state index contributed by atoms with van der Waals surface area (Å²) in [7, 11) is 0. The summed E-state index contributed by atoms with van der Waals surface area (Å²) in [4.78, 5) is 19.2. The van der Waals surface area contributed by atoms with Crippen LogP contribution < -0.4 is 0 Å². The number of nitrogens with zero attached hydrogens (tertiary/aromatic N) is 3. The Morgan fingerprint density at radius 2 is 2.35 bits per heavy atom. The lowest BCUT2D eigenvalue weighted by Gasteiger charge is -2.27. The summed E-state index contributed by atoms with van der Waals surface area (Å²) in [5.74, 6) is 1.04. The Labute approximate surface area is 111 Å². The molecule has 0 aromatic carbocycles. The van der Waals surface area contributed by atoms with Crippen molar-refractivity contribution in [2.75, 3.05) is 6.54 Å². The molecule has 0 aliphatic carbocycles. The molecule has 88 valence electrons. The Morgan fingerprint density at radius 1 is 1.47 bits per heavy atom. The van der Waals surface area contributed by atoms with Crippen LogP contribution in [0.5, 0.6) is 0 Å². The molecular formula is C11H10BrN3OS. The minimum absolute atomic E-state index is 0.0844. The first-order chi connectivity index (χ1) is 8.25. The Balaban J connectivity index is 1.84. The third-order valence-electron chi connectivity index (χ3n) is 2.84. The van der Waals surface area contributed by atoms with E-state index >= 15 is 0 Å². The van der Waals surface area contributed by atoms with Crippen molar-refractivity contribution >= 4 is 33.2 Å². The number of aromatic nitrogens is 2. The van der Waals surface area contributed by atoms with Gasteiger partial charge in [0.05, 0.1) is 6.54 Å². The normalized spacial score (nSPS) is 14.8. The summed E-state index contributed by atoms with van der Waals surface area (Å²) in [5.41, 5.74) is 0. The van der Waals surface area contributed by atoms with E-state index in [0.717, 1.165) is 28.3 Å². The van der Waals surface area contributed by atoms with Gasteiger partial charge in [0.25, 0.3) is 5.91 Å². The van der Waals surface area contributed by atoms with Gasteiger partial charge in [-0.25, -0.2) is 4.98 Å². The fourth-order valence-corrected chi connectivity index (χ4v) is 3.44. The van der Waals surface area contributed by atoms with E-state index in [1.54, 1.807) is 6.20 Å². The maximum atomic E-state index is 12.3. The molecule has 17 heavy (non-hydrogen) atoms. The zero-order valence-electron chi connectivity index (χ0n) is 8.97. The van der Waals surface area contributed by atoms with Gasteiger partial charge in [-0.2, -0.15) is 0 Å². The third kappa shape index (κ3) is 1.91. The topological polar surface area (TPSA) is 38.1 Å². The van der Waals surface area contributed by atoms with E-state index in [9.17, 15) is 4.79 Å². The van der Waals surface area contributed by atoms with E-state index in [-0.39, 0.29) is 5.91 Å². The molecule has 0 saturated carbocycles. The maximum Gasteiger partial charge on any atom is 0.265 e. The highest BCUT2D eigenvalue weighted by atomic mass is 79.9. The summed E-state index contributed by atoms with van der Waals surface area (Å²) in [6, 6.07) is 1.91. The molecule has 1 aliphatic heterocycles. The fourth-order valence-electron chi connectivity index (χ4n) is 1.94. The van der Waals surface area contributed by atoms with Crippen LogP contribution in [0, 0.1) is 0 Å². The predicted octanol–water partition coefficient (Wildman–Crippen LogP) is 2.36. The zero-order chi connectivity index (χ0) is 11.8. The van der Waals surface area contributed by atoms with E-state index in [1.807, 2.05) is 22.5 Å². The van der Waals surface area contributed by atoms with Crippen LogP contribution in [0.25, 0.3) is 0 Å². The van der Waals surface area contributed by atoms with Crippen molar-refractivity contribution in [1.29, 1.82) is 0 Å². The first-order valence-electron chi connectivity index (χ1n) is 5.28. The highest BCUT2D eigenvalue weighted by Gasteiger charge is 2.24. The van der Waals surface area contributed by atoms with Gasteiger partial charge in [0, 0.05) is 30.0 Å². The second-order valence-electron chi connectivity index (χ2n) is 3.86. The van der Waals surface area contributed by atoms with Crippen LogP contribution in [0.15, 0.2) is 28.3 Å². The Hall–Kier alpha value is -1.14. The van der Waals surface area contributed by atoms with Gasteiger partial charge in [-0.15, -0.1) is 11.3 Å². The number of carbonyl (C=O) groups excluding carboxylic acids is 1. The first kappa shape index (κ1) is 11.0. The molecule has 0 atom stereocenters. The average molecular weight is 312 g/mol. The van der Waals surface area contributed by atoms with Gasteiger partial charge in [-0.1, -0.05) is 0 Å². The first-order valence-corrected chi connectivity index (χ1v) is 6.95. The van der Waals surface area contributed by atoms with Crippen LogP contribution in [-0.4, -0.2) is 26.9 Å². The molecule has 3 rings (SSSR count). The molecule has 0 radical (unpaired) electrons. The van der Waals surface area contributed by atoms with E-state index in [0.29, 0.717) is 6.54 Å². The molecule has 0 saturated heterocycles. The second kappa shape index (κ2) is 4.27. The number of halogens is 1. The van der Waals surface area contributed by atoms with Gasteiger partial charge in [0.15, 0.2) is 0 Å². The Kier molecular flexibility index (Phi) is 2.76. The van der Waals surface area contributed by atoms with E-state index in [4.69, 9.17) is 0 Å². The van der Waals surface area contributed by atoms with Crippen LogP contribution >= 0.6 is 27.3 Å². The SMILES string of the molecule is O=C(c1sccc1Br)N1CCn2ccnc2C1. The van der Waals surface area contributed by atoms with Crippen molar-refractivity contribution in [1.82, 2.24) is 14.5 Å². The average Bonchev–Trinajstić information content (AvgIpc) is 2.95. The number of amides is 1. The second-order valence-corrected chi connectivity index (χ2v) is 5.63. The molecule has 1 amide bonds. The third-order valence-corrected chi connectivity index (χ3v) is 4.67. The van der Waals surface area contributed by atoms with Crippen LogP contribution in [0.2, 0.25) is 0 Å². The van der Waals surface area contributed by atoms with Crippen molar-refractivity contribution in [2.24, 2.45) is 0 Å². The Morgan fingerprint density at radius 3 is 3.12 bits per heavy atom. The molecule has 0 N–H and O–H groups in total. The number of hydrogen-bond acceptors (Lipinski definition) is 3. The highest BCUT2D eigenvalue weighted by molar-refractivity contribution is 9.10. The molecule has 4 nitrogen and oxygen atoms in total. The van der Waals surface area contributed by atoms with Crippen molar-refractivity contribution in [3.05, 3.63) is 39.0 Å². The quantitative estimate of drug-likeness (QED) is 0.811. The molecule has 0 unspecified atom stereocenters. The summed E-state index contributed by atoms with van der Waals surface area (Å²) >= 11 is 4.87. The number of hydrogen-bond donors (Lipinski definition) is 0. The molecule has 0 fully saturated rings. The van der Waals surface area contributed by atoms with Crippen LogP contribution in [0.4, 0.5) is 0 Å². The van der Waals surface area contributed by atoms with Gasteiger partial charge in [0.1, 0.15) is 10.7 Å². The predicted molar refractivity (Wildman–Crippen MR) is 69.0 cm³/mol. The van der Waals surface area contributed by atoms with Crippen molar-refractivity contribution in [2.45, 2.75) is 13.1 Å². The van der Waals surface area contributed by atoms with Crippen molar-refractivity contribution in [3.63, 3.8) is 0 Å². The fraction of sp³-hybridized carbons (Fsp3) is 0.273. The summed E-state index contributed by atoms with van der Waals surface area (Å²) in [6.45, 7) is 2.16. The minimum atomic E-state index is 0.0844. The van der Waals surface area contributed by atoms with Gasteiger partial charge < -0.3 is 9.47 Å². The molecule has 2 aromatic rings. The van der Waals surface area contributed by atoms with Crippen LogP contribution in [-0.2, 0) is 13.1 Å². The lowest BCUT2D eigenvalue weighted by Crippen LogP contribution is -2.38. The Bertz CT molecular complexity index is 563. The lowest BCUT2D eigenvalue weighted by atomic mass is 10.3. The van der Waals surface area contributed by atoms with E-state index < -0.39 is 0 Å². The molecule has 3 heterocycles. The largest absolute Gasteiger partial charge is 0.332 e. The number of fused-ring (bicyclic) bond motifs is 1. The number of thiophene rings is 1. The van der Waals surface area contributed by atoms with Crippen molar-refractivity contribution < 1.29 is 4.79 Å². The molecular weight excluding hydrogens is 302 g/mol. The van der Waals surface area contributed by atoms with Gasteiger partial charge in [-0.3, -0.25) is 4.79 Å². The molecule has 1 aliphatic rings. The van der Waals surface area contributed by atoms with Gasteiger partial charge >= 0.3 is 0 Å².